The van der Waals surface area contributed by atoms with Crippen LogP contribution < -0.4 is 11.2 Å². The Labute approximate surface area is 175 Å². The minimum Gasteiger partial charge on any atom is -0.335 e. The molecule has 1 amide bonds. The zero-order chi connectivity index (χ0) is 20.3. The van der Waals surface area contributed by atoms with Gasteiger partial charge < -0.3 is 11.2 Å². The number of aromatic nitrogens is 3. The number of nitrogens with one attached hydrogen (secondary N) is 1. The average molecular weight is 433 g/mol. The van der Waals surface area contributed by atoms with Gasteiger partial charge >= 0.3 is 0 Å². The average Bonchev–Trinajstić information content (AvgIpc) is 3.02. The lowest BCUT2D eigenvalue weighted by Gasteiger charge is -2.12. The van der Waals surface area contributed by atoms with Gasteiger partial charge in [-0.25, -0.2) is 4.68 Å². The largest absolute Gasteiger partial charge is 0.335 e. The van der Waals surface area contributed by atoms with Gasteiger partial charge in [-0.1, -0.05) is 47.1 Å². The van der Waals surface area contributed by atoms with E-state index in [9.17, 15) is 4.79 Å². The summed E-state index contributed by atoms with van der Waals surface area (Å²) in [5.74, 6) is 6.16. The maximum atomic E-state index is 12.5. The lowest BCUT2D eigenvalue weighted by molar-refractivity contribution is -0.115. The molecule has 0 bridgehead atoms. The lowest BCUT2D eigenvalue weighted by Crippen LogP contribution is -2.24. The quantitative estimate of drug-likeness (QED) is 0.466. The van der Waals surface area contributed by atoms with Crippen LogP contribution in [0.25, 0.3) is 11.4 Å². The first-order valence-electron chi connectivity index (χ1n) is 8.03. The van der Waals surface area contributed by atoms with E-state index in [2.05, 4.69) is 15.5 Å². The van der Waals surface area contributed by atoms with Crippen LogP contribution in [-0.4, -0.2) is 26.0 Å². The summed E-state index contributed by atoms with van der Waals surface area (Å²) >= 11 is 13.3. The molecule has 3 aromatic rings. The highest BCUT2D eigenvalue weighted by Crippen LogP contribution is 2.31. The van der Waals surface area contributed by atoms with Gasteiger partial charge in [-0.2, -0.15) is 5.26 Å². The number of nitrogens with two attached hydrogens (primary N) is 1. The Hall–Kier alpha value is -2.73. The van der Waals surface area contributed by atoms with Crippen molar-refractivity contribution in [2.45, 2.75) is 17.3 Å². The molecule has 0 saturated carbocycles. The van der Waals surface area contributed by atoms with E-state index in [4.69, 9.17) is 34.3 Å². The number of benzene rings is 2. The fraction of sp³-hybridized carbons (Fsp3) is 0.111. The molecule has 1 heterocycles. The highest BCUT2D eigenvalue weighted by Gasteiger charge is 2.21. The third-order valence-corrected chi connectivity index (χ3v) is 5.40. The van der Waals surface area contributed by atoms with Gasteiger partial charge in [0.1, 0.15) is 6.07 Å². The number of halogens is 2. The third-order valence-electron chi connectivity index (χ3n) is 3.79. The number of anilines is 1. The predicted molar refractivity (Wildman–Crippen MR) is 111 cm³/mol. The number of thioether (sulfide) groups is 1. The first-order valence-corrected chi connectivity index (χ1v) is 9.67. The molecule has 0 aliphatic heterocycles. The fourth-order valence-corrected chi connectivity index (χ4v) is 3.61. The standard InChI is InChI=1S/C18H14Cl2N6OS/c1-10(17(27)23-15-5-3-2-4-11(15)9-21)28-18-25-24-16(26(18)22)13-7-6-12(19)8-14(13)20/h2-8,10H,22H2,1H3,(H,23,27). The van der Waals surface area contributed by atoms with E-state index in [1.807, 2.05) is 6.07 Å². The summed E-state index contributed by atoms with van der Waals surface area (Å²) in [6, 6.07) is 13.8. The number of hydrogen-bond acceptors (Lipinski definition) is 6. The molecule has 1 unspecified atom stereocenters. The van der Waals surface area contributed by atoms with Crippen LogP contribution in [0.1, 0.15) is 12.5 Å². The smallest absolute Gasteiger partial charge is 0.237 e. The minimum atomic E-state index is -0.535. The molecular formula is C18H14Cl2N6OS. The van der Waals surface area contributed by atoms with Crippen molar-refractivity contribution < 1.29 is 4.79 Å². The van der Waals surface area contributed by atoms with Crippen LogP contribution in [-0.2, 0) is 4.79 Å². The number of hydrogen-bond donors (Lipinski definition) is 2. The second-order valence-electron chi connectivity index (χ2n) is 5.71. The molecule has 3 rings (SSSR count). The first kappa shape index (κ1) is 20.0. The topological polar surface area (TPSA) is 110 Å². The van der Waals surface area contributed by atoms with Crippen LogP contribution in [0.3, 0.4) is 0 Å². The molecule has 1 aromatic heterocycles. The summed E-state index contributed by atoms with van der Waals surface area (Å²) in [7, 11) is 0. The van der Waals surface area contributed by atoms with Crippen molar-refractivity contribution in [3.8, 4) is 17.5 Å². The van der Waals surface area contributed by atoms with E-state index in [1.54, 1.807) is 49.4 Å². The van der Waals surface area contributed by atoms with Gasteiger partial charge in [0.2, 0.25) is 11.1 Å². The number of nitrogen functional groups attached to an aromatic ring is 1. The number of para-hydroxylation sites is 1. The van der Waals surface area contributed by atoms with Crippen LogP contribution in [0.2, 0.25) is 10.0 Å². The van der Waals surface area contributed by atoms with Gasteiger partial charge in [0, 0.05) is 10.6 Å². The van der Waals surface area contributed by atoms with Crippen LogP contribution in [0.4, 0.5) is 5.69 Å². The van der Waals surface area contributed by atoms with Crippen LogP contribution in [0.5, 0.6) is 0 Å². The number of nitrogens with zero attached hydrogens (tertiary/aromatic N) is 4. The molecule has 0 spiro atoms. The van der Waals surface area contributed by atoms with E-state index >= 15 is 0 Å². The molecule has 7 nitrogen and oxygen atoms in total. The highest BCUT2D eigenvalue weighted by molar-refractivity contribution is 8.00. The predicted octanol–water partition coefficient (Wildman–Crippen LogP) is 3.96. The van der Waals surface area contributed by atoms with Crippen molar-refractivity contribution in [3.63, 3.8) is 0 Å². The molecule has 0 fully saturated rings. The molecule has 10 heteroatoms. The molecule has 3 N–H and O–H groups in total. The van der Waals surface area contributed by atoms with Gasteiger partial charge in [-0.3, -0.25) is 4.79 Å². The number of amides is 1. The van der Waals surface area contributed by atoms with Gasteiger partial charge in [-0.15, -0.1) is 10.2 Å². The molecular weight excluding hydrogens is 419 g/mol. The fourth-order valence-electron chi connectivity index (χ4n) is 2.35. The zero-order valence-corrected chi connectivity index (χ0v) is 16.9. The van der Waals surface area contributed by atoms with Crippen LogP contribution in [0.15, 0.2) is 47.6 Å². The van der Waals surface area contributed by atoms with E-state index in [0.717, 1.165) is 11.8 Å². The lowest BCUT2D eigenvalue weighted by atomic mass is 10.2. The molecule has 2 aromatic carbocycles. The number of rotatable bonds is 5. The van der Waals surface area contributed by atoms with Crippen molar-refractivity contribution in [2.24, 2.45) is 0 Å². The van der Waals surface area contributed by atoms with E-state index in [1.165, 1.54) is 4.68 Å². The van der Waals surface area contributed by atoms with Crippen LogP contribution >= 0.6 is 35.0 Å². The summed E-state index contributed by atoms with van der Waals surface area (Å²) in [6.45, 7) is 1.71. The zero-order valence-electron chi connectivity index (χ0n) is 14.6. The maximum absolute atomic E-state index is 12.5. The Morgan fingerprint density at radius 1 is 1.29 bits per heavy atom. The second-order valence-corrected chi connectivity index (χ2v) is 7.86. The van der Waals surface area contributed by atoms with Crippen LogP contribution in [0, 0.1) is 11.3 Å². The Bertz CT molecular complexity index is 1080. The monoisotopic (exact) mass is 432 g/mol. The Morgan fingerprint density at radius 3 is 2.75 bits per heavy atom. The molecule has 0 saturated heterocycles. The summed E-state index contributed by atoms with van der Waals surface area (Å²) in [4.78, 5) is 12.5. The van der Waals surface area contributed by atoms with Gasteiger partial charge in [0.15, 0.2) is 5.82 Å². The van der Waals surface area contributed by atoms with Gasteiger partial charge in [0.05, 0.1) is 21.5 Å². The van der Waals surface area contributed by atoms with Gasteiger partial charge in [-0.05, 0) is 37.3 Å². The minimum absolute atomic E-state index is 0.290. The van der Waals surface area contributed by atoms with E-state index < -0.39 is 5.25 Å². The van der Waals surface area contributed by atoms with E-state index in [-0.39, 0.29) is 5.91 Å². The molecule has 0 aliphatic carbocycles. The molecule has 0 aliphatic rings. The van der Waals surface area contributed by atoms with E-state index in [0.29, 0.717) is 37.8 Å². The highest BCUT2D eigenvalue weighted by atomic mass is 35.5. The summed E-state index contributed by atoms with van der Waals surface area (Å²) in [6.07, 6.45) is 0. The normalized spacial score (nSPS) is 11.6. The second kappa shape index (κ2) is 8.52. The van der Waals surface area contributed by atoms with Crippen molar-refractivity contribution in [2.75, 3.05) is 11.2 Å². The van der Waals surface area contributed by atoms with Gasteiger partial charge in [0.25, 0.3) is 0 Å². The van der Waals surface area contributed by atoms with Crippen molar-refractivity contribution >= 4 is 46.6 Å². The molecule has 0 radical (unpaired) electrons. The number of carbonyl (C=O) groups is 1. The maximum Gasteiger partial charge on any atom is 0.237 e. The first-order chi connectivity index (χ1) is 13.4. The molecule has 28 heavy (non-hydrogen) atoms. The Balaban J connectivity index is 1.76. The third kappa shape index (κ3) is 4.22. The number of carbonyl (C=O) groups excluding carboxylic acids is 1. The SMILES string of the molecule is CC(Sc1nnc(-c2ccc(Cl)cc2Cl)n1N)C(=O)Nc1ccccc1C#N. The van der Waals surface area contributed by atoms with Crippen molar-refractivity contribution in [3.05, 3.63) is 58.1 Å². The Kier molecular flexibility index (Phi) is 6.09. The summed E-state index contributed by atoms with van der Waals surface area (Å²) in [5.41, 5.74) is 1.41. The molecule has 142 valence electrons. The number of nitriles is 1. The summed E-state index contributed by atoms with van der Waals surface area (Å²) < 4.78 is 1.27. The van der Waals surface area contributed by atoms with Crippen molar-refractivity contribution in [1.29, 1.82) is 5.26 Å². The Morgan fingerprint density at radius 2 is 2.04 bits per heavy atom. The molecule has 1 atom stereocenters. The van der Waals surface area contributed by atoms with Crippen molar-refractivity contribution in [1.82, 2.24) is 14.9 Å². The summed E-state index contributed by atoms with van der Waals surface area (Å²) in [5, 5.41) is 20.7.